The third-order valence-electron chi connectivity index (χ3n) is 5.54. The van der Waals surface area contributed by atoms with E-state index >= 15 is 0 Å². The first-order chi connectivity index (χ1) is 16.6. The Bertz CT molecular complexity index is 1410. The average Bonchev–Trinajstić information content (AvgIpc) is 3.15. The Morgan fingerprint density at radius 1 is 0.912 bits per heavy atom. The lowest BCUT2D eigenvalue weighted by Crippen LogP contribution is -2.27. The Morgan fingerprint density at radius 3 is 2.44 bits per heavy atom. The number of amides is 1. The van der Waals surface area contributed by atoms with E-state index < -0.39 is 0 Å². The van der Waals surface area contributed by atoms with Crippen LogP contribution in [0.15, 0.2) is 95.9 Å². The molecule has 34 heavy (non-hydrogen) atoms. The van der Waals surface area contributed by atoms with Gasteiger partial charge in [-0.1, -0.05) is 78.6 Å². The van der Waals surface area contributed by atoms with E-state index in [0.717, 1.165) is 16.9 Å². The summed E-state index contributed by atoms with van der Waals surface area (Å²) in [4.78, 5) is 15.3. The van der Waals surface area contributed by atoms with Crippen molar-refractivity contribution in [3.05, 3.63) is 107 Å². The third-order valence-corrected chi connectivity index (χ3v) is 6.84. The molecular weight excluding hydrogens is 462 g/mol. The van der Waals surface area contributed by atoms with Crippen molar-refractivity contribution in [2.24, 2.45) is 0 Å². The molecule has 4 aromatic carbocycles. The summed E-state index contributed by atoms with van der Waals surface area (Å²) >= 11 is 6.79. The van der Waals surface area contributed by atoms with Crippen LogP contribution in [0.1, 0.15) is 11.1 Å². The molecule has 168 valence electrons. The summed E-state index contributed by atoms with van der Waals surface area (Å²) in [6.07, 6.45) is 1.85. The maximum absolute atomic E-state index is 13.2. The average molecular weight is 484 g/mol. The highest BCUT2D eigenvalue weighted by molar-refractivity contribution is 8.27. The van der Waals surface area contributed by atoms with Crippen molar-refractivity contribution < 1.29 is 14.3 Å². The van der Waals surface area contributed by atoms with Gasteiger partial charge in [0.1, 0.15) is 18.1 Å². The Balaban J connectivity index is 1.36. The lowest BCUT2D eigenvalue weighted by atomic mass is 10.1. The van der Waals surface area contributed by atoms with Gasteiger partial charge in [0.2, 0.25) is 0 Å². The van der Waals surface area contributed by atoms with Gasteiger partial charge in [-0.2, -0.15) is 0 Å². The van der Waals surface area contributed by atoms with Crippen molar-refractivity contribution in [2.75, 3.05) is 12.0 Å². The van der Waals surface area contributed by atoms with E-state index in [1.165, 1.54) is 22.5 Å². The zero-order valence-corrected chi connectivity index (χ0v) is 20.1. The van der Waals surface area contributed by atoms with Crippen LogP contribution in [0, 0.1) is 0 Å². The van der Waals surface area contributed by atoms with Gasteiger partial charge in [-0.15, -0.1) is 0 Å². The third kappa shape index (κ3) is 4.55. The van der Waals surface area contributed by atoms with E-state index in [2.05, 4.69) is 30.3 Å². The molecule has 4 nitrogen and oxygen atoms in total. The lowest BCUT2D eigenvalue weighted by Gasteiger charge is -2.14. The number of hydrogen-bond donors (Lipinski definition) is 0. The molecule has 0 atom stereocenters. The number of benzene rings is 4. The van der Waals surface area contributed by atoms with Crippen LogP contribution in [0.5, 0.6) is 11.5 Å². The normalized spacial score (nSPS) is 14.7. The molecule has 0 spiro atoms. The maximum Gasteiger partial charge on any atom is 0.270 e. The molecule has 1 saturated heterocycles. The van der Waals surface area contributed by atoms with E-state index in [1.54, 1.807) is 12.0 Å². The molecule has 6 heteroatoms. The number of nitrogens with zero attached hydrogens (tertiary/aromatic N) is 1. The predicted octanol–water partition coefficient (Wildman–Crippen LogP) is 6.83. The largest absolute Gasteiger partial charge is 0.497 e. The number of methoxy groups -OCH3 is 1. The minimum atomic E-state index is -0.149. The van der Waals surface area contributed by atoms with Crippen LogP contribution >= 0.6 is 24.0 Å². The molecule has 1 amide bonds. The quantitative estimate of drug-likeness (QED) is 0.222. The minimum absolute atomic E-state index is 0.149. The number of rotatable bonds is 6. The van der Waals surface area contributed by atoms with E-state index in [9.17, 15) is 4.79 Å². The van der Waals surface area contributed by atoms with Crippen LogP contribution in [0.3, 0.4) is 0 Å². The maximum atomic E-state index is 13.2. The standard InChI is InChI=1S/C28H21NO3S2/c1-31-24-14-12-23(13-15-24)29-27(30)26(34-28(29)33)17-22-8-4-5-9-25(22)32-18-19-10-11-20-6-2-3-7-21(20)16-19/h2-17H,18H2,1H3/b26-17+. The van der Waals surface area contributed by atoms with Crippen LogP contribution in [-0.2, 0) is 11.4 Å². The van der Waals surface area contributed by atoms with Gasteiger partial charge in [0.05, 0.1) is 17.7 Å². The summed E-state index contributed by atoms with van der Waals surface area (Å²) in [6.45, 7) is 0.433. The van der Waals surface area contributed by atoms with Crippen LogP contribution < -0.4 is 14.4 Å². The second-order valence-corrected chi connectivity index (χ2v) is 9.40. The Hall–Kier alpha value is -3.61. The number of carbonyl (C=O) groups excluding carboxylic acids is 1. The zero-order chi connectivity index (χ0) is 23.5. The van der Waals surface area contributed by atoms with Gasteiger partial charge in [-0.25, -0.2) is 0 Å². The number of thioether (sulfide) groups is 1. The van der Waals surface area contributed by atoms with E-state index in [1.807, 2.05) is 66.7 Å². The van der Waals surface area contributed by atoms with Crippen LogP contribution in [0.4, 0.5) is 5.69 Å². The van der Waals surface area contributed by atoms with Gasteiger partial charge >= 0.3 is 0 Å². The number of fused-ring (bicyclic) bond motifs is 1. The number of ether oxygens (including phenoxy) is 2. The van der Waals surface area contributed by atoms with Crippen molar-refractivity contribution in [2.45, 2.75) is 6.61 Å². The summed E-state index contributed by atoms with van der Waals surface area (Å²) in [5, 5.41) is 2.38. The monoisotopic (exact) mass is 483 g/mol. The van der Waals surface area contributed by atoms with Crippen molar-refractivity contribution in [3.63, 3.8) is 0 Å². The van der Waals surface area contributed by atoms with Crippen LogP contribution in [0.25, 0.3) is 16.8 Å². The zero-order valence-electron chi connectivity index (χ0n) is 18.4. The van der Waals surface area contributed by atoms with Gasteiger partial charge in [0, 0.05) is 5.56 Å². The smallest absolute Gasteiger partial charge is 0.270 e. The van der Waals surface area contributed by atoms with E-state index in [0.29, 0.717) is 27.3 Å². The fourth-order valence-electron chi connectivity index (χ4n) is 3.78. The highest BCUT2D eigenvalue weighted by Gasteiger charge is 2.33. The molecule has 5 rings (SSSR count). The first-order valence-electron chi connectivity index (χ1n) is 10.7. The molecule has 0 saturated carbocycles. The van der Waals surface area contributed by atoms with Crippen LogP contribution in [-0.4, -0.2) is 17.3 Å². The molecule has 4 aromatic rings. The van der Waals surface area contributed by atoms with E-state index in [-0.39, 0.29) is 5.91 Å². The summed E-state index contributed by atoms with van der Waals surface area (Å²) in [7, 11) is 1.61. The summed E-state index contributed by atoms with van der Waals surface area (Å²) in [6, 6.07) is 29.6. The topological polar surface area (TPSA) is 38.8 Å². The van der Waals surface area contributed by atoms with Crippen molar-refractivity contribution in [1.29, 1.82) is 0 Å². The SMILES string of the molecule is COc1ccc(N2C(=O)/C(=C\c3ccccc3OCc3ccc4ccccc4c3)SC2=S)cc1. The summed E-state index contributed by atoms with van der Waals surface area (Å²) in [5.41, 5.74) is 2.63. The first-order valence-corrected chi connectivity index (χ1v) is 12.0. The van der Waals surface area contributed by atoms with Gasteiger partial charge in [0.25, 0.3) is 5.91 Å². The van der Waals surface area contributed by atoms with Gasteiger partial charge in [-0.05, 0) is 58.8 Å². The Labute approximate surface area is 207 Å². The van der Waals surface area contributed by atoms with Crippen molar-refractivity contribution in [3.8, 4) is 11.5 Å². The fourth-order valence-corrected chi connectivity index (χ4v) is 5.07. The van der Waals surface area contributed by atoms with Crippen molar-refractivity contribution >= 4 is 56.7 Å². The molecule has 1 heterocycles. The fraction of sp³-hybridized carbons (Fsp3) is 0.0714. The molecule has 1 aliphatic heterocycles. The summed E-state index contributed by atoms with van der Waals surface area (Å²) < 4.78 is 11.9. The summed E-state index contributed by atoms with van der Waals surface area (Å²) in [5.74, 6) is 1.29. The number of anilines is 1. The Morgan fingerprint density at radius 2 is 1.65 bits per heavy atom. The molecule has 0 N–H and O–H groups in total. The number of para-hydroxylation sites is 1. The second-order valence-electron chi connectivity index (χ2n) is 7.72. The van der Waals surface area contributed by atoms with Gasteiger partial charge < -0.3 is 9.47 Å². The van der Waals surface area contributed by atoms with E-state index in [4.69, 9.17) is 21.7 Å². The molecule has 1 fully saturated rings. The number of carbonyl (C=O) groups is 1. The number of thiocarbonyl (C=S) groups is 1. The molecule has 1 aliphatic rings. The number of hydrogen-bond acceptors (Lipinski definition) is 5. The first kappa shape index (κ1) is 22.2. The minimum Gasteiger partial charge on any atom is -0.497 e. The highest BCUT2D eigenvalue weighted by atomic mass is 32.2. The molecule has 0 aromatic heterocycles. The van der Waals surface area contributed by atoms with Crippen LogP contribution in [0.2, 0.25) is 0 Å². The second kappa shape index (κ2) is 9.71. The van der Waals surface area contributed by atoms with Gasteiger partial charge in [-0.3, -0.25) is 9.69 Å². The molecular formula is C28H21NO3S2. The molecule has 0 aliphatic carbocycles. The molecule has 0 bridgehead atoms. The lowest BCUT2D eigenvalue weighted by molar-refractivity contribution is -0.113. The molecule has 0 radical (unpaired) electrons. The van der Waals surface area contributed by atoms with Gasteiger partial charge in [0.15, 0.2) is 4.32 Å². The predicted molar refractivity (Wildman–Crippen MR) is 143 cm³/mol. The highest BCUT2D eigenvalue weighted by Crippen LogP contribution is 2.37. The Kier molecular flexibility index (Phi) is 6.34. The molecule has 0 unspecified atom stereocenters. The van der Waals surface area contributed by atoms with Crippen molar-refractivity contribution in [1.82, 2.24) is 0 Å².